The minimum Gasteiger partial charge on any atom is -0.457 e. The Morgan fingerprint density at radius 3 is 1.74 bits per heavy atom. The maximum atomic E-state index is 11.6. The van der Waals surface area contributed by atoms with E-state index >= 15 is 0 Å². The Balaban J connectivity index is -0.0000000422. The SMILES string of the molecule is C#CC#CC#CC#CC#CC#CNC(C)=O.CCCCCCCCCCCCCC(=O)O[C@H](CO)COCO.[HH].[HH].[HH].[HH].[HH].[HH].[HH].[HH].[HH].[HH].[HH]. The number of ether oxygens (including phenoxy) is 2. The standard InChI is InChI=1S/C18H36O5.C14H5NO.11H2/c1-2-3-4-5-6-7-8-9-10-11-12-13-18(21)23-17(14-19)15-22-16-20;1-3-4-5-6-7-8-9-10-11-12-13-15-14(2)16;;;;;;;;;;;/h17,19-20H,2-16H2,1H3;1H,2H3,(H,15,16);11*1H/t17-;;;;;;;;;;;;/m1............/s1. The number of esters is 1. The monoisotopic (exact) mass is 557 g/mol. The van der Waals surface area contributed by atoms with E-state index in [-0.39, 0.29) is 40.8 Å². The Morgan fingerprint density at radius 2 is 1.28 bits per heavy atom. The predicted molar refractivity (Wildman–Crippen MR) is 176 cm³/mol. The third-order valence-corrected chi connectivity index (χ3v) is 4.75. The average molecular weight is 558 g/mol. The number of aliphatic hydroxyl groups is 2. The first kappa shape index (κ1) is 37.3. The van der Waals surface area contributed by atoms with E-state index < -0.39 is 12.9 Å². The summed E-state index contributed by atoms with van der Waals surface area (Å²) in [6, 6.07) is 2.33. The second-order valence-electron chi connectivity index (χ2n) is 8.16. The fraction of sp³-hybridized carbons (Fsp3) is 0.562. The minimum absolute atomic E-state index is 0. The van der Waals surface area contributed by atoms with Crippen LogP contribution in [0.4, 0.5) is 0 Å². The number of unbranched alkanes of at least 4 members (excludes halogenated alkanes) is 10. The summed E-state index contributed by atoms with van der Waals surface area (Å²) in [5, 5.41) is 19.8. The van der Waals surface area contributed by atoms with Crippen LogP contribution in [0, 0.1) is 71.7 Å². The molecule has 0 radical (unpaired) electrons. The summed E-state index contributed by atoms with van der Waals surface area (Å²) in [6.07, 6.45) is 18.2. The molecule has 39 heavy (non-hydrogen) atoms. The van der Waals surface area contributed by atoms with Crippen LogP contribution >= 0.6 is 0 Å². The molecule has 0 aliphatic heterocycles. The molecule has 0 spiro atoms. The molecule has 1 atom stereocenters. The van der Waals surface area contributed by atoms with Crippen molar-refractivity contribution in [3.05, 3.63) is 0 Å². The highest BCUT2D eigenvalue weighted by Crippen LogP contribution is 2.12. The molecule has 0 heterocycles. The van der Waals surface area contributed by atoms with Gasteiger partial charge >= 0.3 is 5.97 Å². The summed E-state index contributed by atoms with van der Waals surface area (Å²) in [4.78, 5) is 22.0. The van der Waals surface area contributed by atoms with Crippen LogP contribution < -0.4 is 5.32 Å². The van der Waals surface area contributed by atoms with Gasteiger partial charge in [-0.05, 0) is 36.0 Å². The second kappa shape index (κ2) is 32.2. The number of aliphatic hydroxyl groups excluding tert-OH is 2. The molecule has 0 fully saturated rings. The highest BCUT2D eigenvalue weighted by Gasteiger charge is 2.13. The zero-order valence-electron chi connectivity index (χ0n) is 23.3. The smallest absolute Gasteiger partial charge is 0.306 e. The molecule has 0 saturated heterocycles. The van der Waals surface area contributed by atoms with E-state index in [1.807, 2.05) is 0 Å². The minimum atomic E-state index is -0.678. The normalized spacial score (nSPS) is 9.21. The van der Waals surface area contributed by atoms with E-state index in [4.69, 9.17) is 26.1 Å². The van der Waals surface area contributed by atoms with Gasteiger partial charge in [-0.3, -0.25) is 14.9 Å². The molecule has 3 N–H and O–H groups in total. The highest BCUT2D eigenvalue weighted by molar-refractivity contribution is 5.74. The van der Waals surface area contributed by atoms with Crippen LogP contribution in [0.3, 0.4) is 0 Å². The molecule has 1 amide bonds. The number of hydrogen-bond donors (Lipinski definition) is 3. The van der Waals surface area contributed by atoms with Crippen molar-refractivity contribution in [2.24, 2.45) is 0 Å². The fourth-order valence-corrected chi connectivity index (χ4v) is 2.89. The van der Waals surface area contributed by atoms with Crippen molar-refractivity contribution in [2.75, 3.05) is 20.0 Å². The van der Waals surface area contributed by atoms with Crippen LogP contribution in [0.2, 0.25) is 0 Å². The summed E-state index contributed by atoms with van der Waals surface area (Å²) in [5.74, 6) is 23.2. The second-order valence-corrected chi connectivity index (χ2v) is 8.16. The Kier molecular flexibility index (Phi) is 30.8. The first-order chi connectivity index (χ1) is 19.0. The number of terminal acetylenes is 1. The van der Waals surface area contributed by atoms with E-state index in [1.54, 1.807) is 0 Å². The van der Waals surface area contributed by atoms with E-state index in [9.17, 15) is 9.59 Å². The van der Waals surface area contributed by atoms with Gasteiger partial charge in [0, 0.05) is 64.7 Å². The zero-order valence-corrected chi connectivity index (χ0v) is 23.3. The summed E-state index contributed by atoms with van der Waals surface area (Å²) < 4.78 is 9.79. The highest BCUT2D eigenvalue weighted by atomic mass is 16.6. The molecule has 0 rings (SSSR count). The molecule has 0 aliphatic rings. The van der Waals surface area contributed by atoms with Crippen LogP contribution in [0.15, 0.2) is 0 Å². The maximum Gasteiger partial charge on any atom is 0.306 e. The molecule has 0 aromatic carbocycles. The van der Waals surface area contributed by atoms with Gasteiger partial charge in [0.15, 0.2) is 0 Å². The first-order valence-corrected chi connectivity index (χ1v) is 13.2. The van der Waals surface area contributed by atoms with Gasteiger partial charge in [-0.25, -0.2) is 0 Å². The predicted octanol–water partition coefficient (Wildman–Crippen LogP) is 5.99. The number of carbonyl (C=O) groups is 2. The molecule has 0 unspecified atom stereocenters. The van der Waals surface area contributed by atoms with Crippen molar-refractivity contribution in [1.82, 2.24) is 5.32 Å². The maximum absolute atomic E-state index is 11.6. The zero-order chi connectivity index (χ0) is 29.2. The first-order valence-electron chi connectivity index (χ1n) is 13.2. The van der Waals surface area contributed by atoms with Crippen LogP contribution in [0.5, 0.6) is 0 Å². The van der Waals surface area contributed by atoms with E-state index in [0.717, 1.165) is 12.8 Å². The van der Waals surface area contributed by atoms with Gasteiger partial charge in [-0.15, -0.1) is 6.42 Å². The molecule has 232 valence electrons. The molecule has 0 aromatic heterocycles. The Labute approximate surface area is 251 Å². The van der Waals surface area contributed by atoms with Crippen LogP contribution in [-0.2, 0) is 19.1 Å². The van der Waals surface area contributed by atoms with Crippen LogP contribution in [0.1, 0.15) is 107 Å². The molecule has 0 bridgehead atoms. The van der Waals surface area contributed by atoms with Crippen LogP contribution in [0.25, 0.3) is 0 Å². The molecular weight excluding hydrogens is 494 g/mol. The van der Waals surface area contributed by atoms with Gasteiger partial charge < -0.3 is 19.7 Å². The van der Waals surface area contributed by atoms with Gasteiger partial charge in [-0.1, -0.05) is 71.1 Å². The number of rotatable bonds is 17. The van der Waals surface area contributed by atoms with Gasteiger partial charge in [-0.2, -0.15) is 0 Å². The van der Waals surface area contributed by atoms with Gasteiger partial charge in [0.05, 0.1) is 13.2 Å². The number of nitrogens with one attached hydrogen (secondary N) is 1. The lowest BCUT2D eigenvalue weighted by atomic mass is 10.1. The van der Waals surface area contributed by atoms with Crippen molar-refractivity contribution in [1.29, 1.82) is 0 Å². The molecule has 7 heteroatoms. The van der Waals surface area contributed by atoms with Crippen molar-refractivity contribution >= 4 is 11.9 Å². The molecule has 0 aromatic rings. The quantitative estimate of drug-likeness (QED) is 0.0667. The molecule has 0 saturated carbocycles. The summed E-state index contributed by atoms with van der Waals surface area (Å²) in [5.41, 5.74) is 0. The fourth-order valence-electron chi connectivity index (χ4n) is 2.89. The number of hydrogen-bond acceptors (Lipinski definition) is 6. The molecule has 0 aliphatic carbocycles. The third kappa shape index (κ3) is 34.2. The van der Waals surface area contributed by atoms with E-state index in [0.29, 0.717) is 6.42 Å². The molecular formula is C32H63NO6. The van der Waals surface area contributed by atoms with Crippen molar-refractivity contribution in [3.8, 4) is 71.7 Å². The lowest BCUT2D eigenvalue weighted by Gasteiger charge is -2.14. The third-order valence-electron chi connectivity index (χ3n) is 4.75. The van der Waals surface area contributed by atoms with E-state index in [1.165, 1.54) is 64.7 Å². The number of amides is 1. The van der Waals surface area contributed by atoms with E-state index in [2.05, 4.69) is 77.5 Å². The Hall–Kier alpha value is -3.82. The lowest BCUT2D eigenvalue weighted by molar-refractivity contribution is -0.157. The van der Waals surface area contributed by atoms with Crippen molar-refractivity contribution < 1.29 is 45.0 Å². The van der Waals surface area contributed by atoms with Crippen LogP contribution in [-0.4, -0.2) is 48.2 Å². The van der Waals surface area contributed by atoms with Gasteiger partial charge in [0.2, 0.25) is 5.91 Å². The summed E-state index contributed by atoms with van der Waals surface area (Å²) in [7, 11) is 0. The number of carbonyl (C=O) groups excluding carboxylic acids is 2. The lowest BCUT2D eigenvalue weighted by Crippen LogP contribution is -2.27. The Bertz CT molecular complexity index is 1050. The average Bonchev–Trinajstić information content (AvgIpc) is 2.92. The van der Waals surface area contributed by atoms with Gasteiger partial charge in [0.1, 0.15) is 12.9 Å². The van der Waals surface area contributed by atoms with Crippen molar-refractivity contribution in [2.45, 2.75) is 97.0 Å². The van der Waals surface area contributed by atoms with Gasteiger partial charge in [0.25, 0.3) is 0 Å². The van der Waals surface area contributed by atoms with Crippen molar-refractivity contribution in [3.63, 3.8) is 0 Å². The topological polar surface area (TPSA) is 105 Å². The largest absolute Gasteiger partial charge is 0.457 e. The Morgan fingerprint density at radius 1 is 0.795 bits per heavy atom. The molecule has 7 nitrogen and oxygen atoms in total. The summed E-state index contributed by atoms with van der Waals surface area (Å²) in [6.45, 7) is 2.89. The summed E-state index contributed by atoms with van der Waals surface area (Å²) >= 11 is 0.